The lowest BCUT2D eigenvalue weighted by atomic mass is 10.0. The first-order valence-electron chi connectivity index (χ1n) is 6.60. The molecule has 0 saturated carbocycles. The molecule has 0 bridgehead atoms. The van der Waals surface area contributed by atoms with Gasteiger partial charge in [0.05, 0.1) is 0 Å². The zero-order chi connectivity index (χ0) is 13.4. The van der Waals surface area contributed by atoms with Gasteiger partial charge in [-0.1, -0.05) is 55.0 Å². The molecule has 0 radical (unpaired) electrons. The summed E-state index contributed by atoms with van der Waals surface area (Å²) >= 11 is 5.90. The van der Waals surface area contributed by atoms with E-state index in [4.69, 9.17) is 5.84 Å². The molecule has 1 atom stereocenters. The van der Waals surface area contributed by atoms with Gasteiger partial charge >= 0.3 is 0 Å². The fraction of sp³-hybridized carbons (Fsp3) is 0.571. The summed E-state index contributed by atoms with van der Waals surface area (Å²) in [5.74, 6) is 5.70. The van der Waals surface area contributed by atoms with Crippen molar-refractivity contribution in [2.75, 3.05) is 0 Å². The van der Waals surface area contributed by atoms with Crippen molar-refractivity contribution in [3.8, 4) is 0 Å². The monoisotopic (exact) mass is 424 g/mol. The topological polar surface area (TPSA) is 38.0 Å². The number of unbranched alkanes of at least 4 members (excludes halogenated alkanes) is 4. The molecule has 3 N–H and O–H groups in total. The number of rotatable bonds is 8. The second-order valence-electron chi connectivity index (χ2n) is 4.59. The Balaban J connectivity index is 2.52. The van der Waals surface area contributed by atoms with Gasteiger partial charge in [0.1, 0.15) is 0 Å². The van der Waals surface area contributed by atoms with Crippen LogP contribution in [0.15, 0.2) is 22.7 Å². The summed E-state index contributed by atoms with van der Waals surface area (Å²) in [6.07, 6.45) is 7.61. The largest absolute Gasteiger partial charge is 0.271 e. The van der Waals surface area contributed by atoms with Crippen molar-refractivity contribution >= 4 is 38.5 Å². The molecule has 0 aliphatic rings. The van der Waals surface area contributed by atoms with Crippen LogP contribution in [0.25, 0.3) is 0 Å². The summed E-state index contributed by atoms with van der Waals surface area (Å²) in [6.45, 7) is 2.24. The third-order valence-corrected chi connectivity index (χ3v) is 4.61. The first-order valence-corrected chi connectivity index (χ1v) is 8.47. The van der Waals surface area contributed by atoms with E-state index in [0.717, 1.165) is 10.9 Å². The number of hydrogen-bond acceptors (Lipinski definition) is 2. The van der Waals surface area contributed by atoms with Gasteiger partial charge in [-0.15, -0.1) is 0 Å². The van der Waals surface area contributed by atoms with Crippen LogP contribution >= 0.6 is 38.5 Å². The smallest absolute Gasteiger partial charge is 0.0470 e. The Morgan fingerprint density at radius 3 is 2.67 bits per heavy atom. The molecule has 0 fully saturated rings. The summed E-state index contributed by atoms with van der Waals surface area (Å²) < 4.78 is 2.39. The van der Waals surface area contributed by atoms with E-state index in [2.05, 4.69) is 69.1 Å². The van der Waals surface area contributed by atoms with Crippen molar-refractivity contribution in [1.29, 1.82) is 0 Å². The second kappa shape index (κ2) is 9.28. The summed E-state index contributed by atoms with van der Waals surface area (Å²) in [7, 11) is 0. The van der Waals surface area contributed by atoms with Crippen LogP contribution < -0.4 is 11.3 Å². The molecule has 2 nitrogen and oxygen atoms in total. The minimum absolute atomic E-state index is 0.260. The molecule has 1 aromatic carbocycles. The minimum atomic E-state index is 0.260. The fourth-order valence-corrected chi connectivity index (χ4v) is 3.15. The average Bonchev–Trinajstić information content (AvgIpc) is 2.37. The van der Waals surface area contributed by atoms with Crippen molar-refractivity contribution in [3.05, 3.63) is 31.8 Å². The van der Waals surface area contributed by atoms with Gasteiger partial charge in [-0.2, -0.15) is 0 Å². The zero-order valence-electron chi connectivity index (χ0n) is 10.9. The summed E-state index contributed by atoms with van der Waals surface area (Å²) in [6, 6.07) is 6.62. The molecule has 4 heteroatoms. The van der Waals surface area contributed by atoms with Crippen LogP contribution in [0.5, 0.6) is 0 Å². The maximum Gasteiger partial charge on any atom is 0.0470 e. The molecule has 0 spiro atoms. The van der Waals surface area contributed by atoms with Crippen LogP contribution in [0, 0.1) is 3.57 Å². The van der Waals surface area contributed by atoms with Crippen LogP contribution in [-0.4, -0.2) is 0 Å². The summed E-state index contributed by atoms with van der Waals surface area (Å²) in [5, 5.41) is 0. The first kappa shape index (κ1) is 16.4. The third-order valence-electron chi connectivity index (χ3n) is 3.13. The molecular formula is C14H22BrIN2. The van der Waals surface area contributed by atoms with Crippen LogP contribution in [-0.2, 0) is 0 Å². The molecule has 0 aliphatic heterocycles. The molecule has 102 valence electrons. The Labute approximate surface area is 132 Å². The predicted molar refractivity (Wildman–Crippen MR) is 90.3 cm³/mol. The highest BCUT2D eigenvalue weighted by atomic mass is 127. The van der Waals surface area contributed by atoms with Crippen molar-refractivity contribution in [2.45, 2.75) is 51.5 Å². The Morgan fingerprint density at radius 1 is 1.28 bits per heavy atom. The minimum Gasteiger partial charge on any atom is -0.271 e. The van der Waals surface area contributed by atoms with Crippen LogP contribution in [0.4, 0.5) is 0 Å². The molecule has 1 unspecified atom stereocenters. The highest BCUT2D eigenvalue weighted by Crippen LogP contribution is 2.27. The Kier molecular flexibility index (Phi) is 8.46. The van der Waals surface area contributed by atoms with Gasteiger partial charge in [-0.25, -0.2) is 0 Å². The highest BCUT2D eigenvalue weighted by Gasteiger charge is 2.12. The van der Waals surface area contributed by atoms with Gasteiger partial charge in [0, 0.05) is 14.1 Å². The molecule has 0 aromatic heterocycles. The molecule has 0 amide bonds. The number of hydrogen-bond donors (Lipinski definition) is 2. The Bertz CT molecular complexity index is 358. The molecule has 0 heterocycles. The maximum atomic E-state index is 5.70. The fourth-order valence-electron chi connectivity index (χ4n) is 2.06. The zero-order valence-corrected chi connectivity index (χ0v) is 14.6. The summed E-state index contributed by atoms with van der Waals surface area (Å²) in [4.78, 5) is 0. The lowest BCUT2D eigenvalue weighted by molar-refractivity contribution is 0.477. The van der Waals surface area contributed by atoms with Crippen molar-refractivity contribution < 1.29 is 0 Å². The maximum absolute atomic E-state index is 5.70. The second-order valence-corrected chi connectivity index (χ2v) is 6.67. The van der Waals surface area contributed by atoms with E-state index in [1.807, 2.05) is 0 Å². The third kappa shape index (κ3) is 5.55. The lowest BCUT2D eigenvalue weighted by Gasteiger charge is -2.18. The van der Waals surface area contributed by atoms with Gasteiger partial charge in [0.2, 0.25) is 0 Å². The van der Waals surface area contributed by atoms with E-state index < -0.39 is 0 Å². The summed E-state index contributed by atoms with van der Waals surface area (Å²) in [5.41, 5.74) is 4.25. The number of halogens is 2. The van der Waals surface area contributed by atoms with Crippen LogP contribution in [0.1, 0.15) is 57.1 Å². The predicted octanol–water partition coefficient (Wildman–Crippen LogP) is 4.92. The quantitative estimate of drug-likeness (QED) is 0.269. The number of benzene rings is 1. The van der Waals surface area contributed by atoms with E-state index in [1.54, 1.807) is 0 Å². The first-order chi connectivity index (χ1) is 8.69. The number of nitrogens with two attached hydrogens (primary N) is 1. The highest BCUT2D eigenvalue weighted by molar-refractivity contribution is 14.1. The standard InChI is InChI=1S/C14H22BrIN2/c1-2-3-4-5-6-7-14(18-17)12-10-11(15)8-9-13(12)16/h8-10,14,18H,2-7,17H2,1H3. The van der Waals surface area contributed by atoms with E-state index in [-0.39, 0.29) is 6.04 Å². The van der Waals surface area contributed by atoms with Gasteiger partial charge < -0.3 is 0 Å². The van der Waals surface area contributed by atoms with E-state index >= 15 is 0 Å². The number of hydrazine groups is 1. The normalized spacial score (nSPS) is 12.7. The van der Waals surface area contributed by atoms with Gasteiger partial charge in [-0.05, 0) is 52.8 Å². The van der Waals surface area contributed by atoms with E-state index in [9.17, 15) is 0 Å². The van der Waals surface area contributed by atoms with E-state index in [1.165, 1.54) is 41.2 Å². The molecule has 0 saturated heterocycles. The molecular weight excluding hydrogens is 403 g/mol. The van der Waals surface area contributed by atoms with Gasteiger partial charge in [0.25, 0.3) is 0 Å². The lowest BCUT2D eigenvalue weighted by Crippen LogP contribution is -2.28. The van der Waals surface area contributed by atoms with Crippen molar-refractivity contribution in [1.82, 2.24) is 5.43 Å². The Hall–Kier alpha value is 0.350. The SMILES string of the molecule is CCCCCCCC(NN)c1cc(Br)ccc1I. The van der Waals surface area contributed by atoms with Crippen molar-refractivity contribution in [3.63, 3.8) is 0 Å². The molecule has 1 aromatic rings. The van der Waals surface area contributed by atoms with Crippen LogP contribution in [0.2, 0.25) is 0 Å². The van der Waals surface area contributed by atoms with Crippen LogP contribution in [0.3, 0.4) is 0 Å². The van der Waals surface area contributed by atoms with Crippen molar-refractivity contribution in [2.24, 2.45) is 5.84 Å². The average molecular weight is 425 g/mol. The molecule has 1 rings (SSSR count). The molecule has 18 heavy (non-hydrogen) atoms. The van der Waals surface area contributed by atoms with E-state index in [0.29, 0.717) is 0 Å². The molecule has 0 aliphatic carbocycles. The van der Waals surface area contributed by atoms with Gasteiger partial charge in [0.15, 0.2) is 0 Å². The Morgan fingerprint density at radius 2 is 2.00 bits per heavy atom. The van der Waals surface area contributed by atoms with Gasteiger partial charge in [-0.3, -0.25) is 11.3 Å². The number of nitrogens with one attached hydrogen (secondary N) is 1.